The minimum Gasteiger partial charge on any atom is -0.490 e. The van der Waals surface area contributed by atoms with E-state index < -0.39 is 0 Å². The molecule has 1 aliphatic heterocycles. The summed E-state index contributed by atoms with van der Waals surface area (Å²) >= 11 is 6.03. The number of rotatable bonds is 4. The van der Waals surface area contributed by atoms with Crippen LogP contribution in [0.15, 0.2) is 48.7 Å². The molecule has 1 fully saturated rings. The first-order valence-electron chi connectivity index (χ1n) is 8.98. The van der Waals surface area contributed by atoms with Gasteiger partial charge in [-0.25, -0.2) is 4.98 Å². The van der Waals surface area contributed by atoms with Gasteiger partial charge in [0.25, 0.3) is 0 Å². The second kappa shape index (κ2) is 7.52. The molecule has 4 nitrogen and oxygen atoms in total. The maximum absolute atomic E-state index is 6.16. The Labute approximate surface area is 158 Å². The fourth-order valence-corrected chi connectivity index (χ4v) is 3.50. The Morgan fingerprint density at radius 3 is 2.73 bits per heavy atom. The van der Waals surface area contributed by atoms with Crippen molar-refractivity contribution in [2.45, 2.75) is 25.9 Å². The minimum absolute atomic E-state index is 0.296. The van der Waals surface area contributed by atoms with Crippen molar-refractivity contribution in [2.75, 3.05) is 18.4 Å². The van der Waals surface area contributed by atoms with Crippen LogP contribution in [0.1, 0.15) is 18.4 Å². The first-order valence-corrected chi connectivity index (χ1v) is 9.35. The Kier molecular flexibility index (Phi) is 4.96. The standard InChI is InChI=1S/C21H22ClN3O/c1-14-10-17(22)3-5-20(14)25-21-12-16-11-19(4-2-15(16)13-24-21)26-18-6-8-23-9-7-18/h2-5,10-13,18,23H,6-9H2,1H3,(H,24,25). The smallest absolute Gasteiger partial charge is 0.130 e. The molecule has 2 heterocycles. The van der Waals surface area contributed by atoms with E-state index in [4.69, 9.17) is 16.3 Å². The zero-order chi connectivity index (χ0) is 17.9. The third kappa shape index (κ3) is 3.92. The summed E-state index contributed by atoms with van der Waals surface area (Å²) < 4.78 is 6.16. The van der Waals surface area contributed by atoms with E-state index in [1.54, 1.807) is 0 Å². The van der Waals surface area contributed by atoms with E-state index in [2.05, 4.69) is 33.8 Å². The van der Waals surface area contributed by atoms with E-state index in [1.165, 1.54) is 0 Å². The number of aryl methyl sites for hydroxylation is 1. The van der Waals surface area contributed by atoms with Crippen LogP contribution in [-0.4, -0.2) is 24.2 Å². The van der Waals surface area contributed by atoms with E-state index >= 15 is 0 Å². The molecule has 5 heteroatoms. The molecule has 0 atom stereocenters. The number of nitrogens with zero attached hydrogens (tertiary/aromatic N) is 1. The van der Waals surface area contributed by atoms with E-state index in [-0.39, 0.29) is 0 Å². The first-order chi connectivity index (χ1) is 12.7. The molecular weight excluding hydrogens is 346 g/mol. The van der Waals surface area contributed by atoms with Gasteiger partial charge in [0.05, 0.1) is 0 Å². The second-order valence-corrected chi connectivity index (χ2v) is 7.17. The number of hydrogen-bond donors (Lipinski definition) is 2. The van der Waals surface area contributed by atoms with E-state index in [0.717, 1.165) is 64.5 Å². The number of hydrogen-bond acceptors (Lipinski definition) is 4. The molecule has 0 amide bonds. The zero-order valence-electron chi connectivity index (χ0n) is 14.8. The van der Waals surface area contributed by atoms with Gasteiger partial charge >= 0.3 is 0 Å². The highest BCUT2D eigenvalue weighted by molar-refractivity contribution is 6.30. The van der Waals surface area contributed by atoms with Crippen LogP contribution < -0.4 is 15.4 Å². The van der Waals surface area contributed by atoms with Gasteiger partial charge in [-0.05, 0) is 86.3 Å². The quantitative estimate of drug-likeness (QED) is 0.675. The van der Waals surface area contributed by atoms with Crippen LogP contribution in [0, 0.1) is 6.92 Å². The number of nitrogens with one attached hydrogen (secondary N) is 2. The molecule has 0 unspecified atom stereocenters. The maximum Gasteiger partial charge on any atom is 0.130 e. The van der Waals surface area contributed by atoms with Gasteiger partial charge < -0.3 is 15.4 Å². The number of halogens is 1. The zero-order valence-corrected chi connectivity index (χ0v) is 15.5. The number of piperidine rings is 1. The Morgan fingerprint density at radius 1 is 1.08 bits per heavy atom. The van der Waals surface area contributed by atoms with Crippen LogP contribution in [0.4, 0.5) is 11.5 Å². The van der Waals surface area contributed by atoms with Crippen molar-refractivity contribution in [3.63, 3.8) is 0 Å². The highest BCUT2D eigenvalue weighted by atomic mass is 35.5. The normalized spacial score (nSPS) is 15.2. The van der Waals surface area contributed by atoms with Crippen LogP contribution in [-0.2, 0) is 0 Å². The van der Waals surface area contributed by atoms with Crippen LogP contribution in [0.25, 0.3) is 10.8 Å². The lowest BCUT2D eigenvalue weighted by atomic mass is 10.1. The van der Waals surface area contributed by atoms with Gasteiger partial charge in [-0.3, -0.25) is 0 Å². The van der Waals surface area contributed by atoms with Crippen molar-refractivity contribution in [2.24, 2.45) is 0 Å². The lowest BCUT2D eigenvalue weighted by molar-refractivity contribution is 0.162. The van der Waals surface area contributed by atoms with Crippen molar-refractivity contribution in [1.82, 2.24) is 10.3 Å². The van der Waals surface area contributed by atoms with E-state index in [0.29, 0.717) is 6.10 Å². The lowest BCUT2D eigenvalue weighted by Crippen LogP contribution is -2.34. The van der Waals surface area contributed by atoms with Crippen molar-refractivity contribution in [3.05, 3.63) is 59.2 Å². The molecule has 2 aromatic carbocycles. The summed E-state index contributed by atoms with van der Waals surface area (Å²) in [5.74, 6) is 1.73. The monoisotopic (exact) mass is 367 g/mol. The average molecular weight is 368 g/mol. The molecule has 134 valence electrons. The van der Waals surface area contributed by atoms with Crippen LogP contribution >= 0.6 is 11.6 Å². The number of aromatic nitrogens is 1. The van der Waals surface area contributed by atoms with Crippen molar-refractivity contribution < 1.29 is 4.74 Å². The summed E-state index contributed by atoms with van der Waals surface area (Å²) in [7, 11) is 0. The molecule has 0 spiro atoms. The molecule has 4 rings (SSSR count). The molecule has 2 N–H and O–H groups in total. The molecular formula is C21H22ClN3O. The molecule has 1 aliphatic rings. The molecule has 0 aliphatic carbocycles. The molecule has 0 radical (unpaired) electrons. The molecule has 0 saturated carbocycles. The van der Waals surface area contributed by atoms with Crippen molar-refractivity contribution in [3.8, 4) is 5.75 Å². The molecule has 1 saturated heterocycles. The highest BCUT2D eigenvalue weighted by Crippen LogP contribution is 2.27. The summed E-state index contributed by atoms with van der Waals surface area (Å²) in [4.78, 5) is 4.52. The molecule has 26 heavy (non-hydrogen) atoms. The van der Waals surface area contributed by atoms with Gasteiger partial charge in [0.15, 0.2) is 0 Å². The molecule has 1 aromatic heterocycles. The van der Waals surface area contributed by atoms with Gasteiger partial charge in [0.1, 0.15) is 17.7 Å². The Morgan fingerprint density at radius 2 is 1.92 bits per heavy atom. The SMILES string of the molecule is Cc1cc(Cl)ccc1Nc1cc2cc(OC3CCNCC3)ccc2cn1. The van der Waals surface area contributed by atoms with Gasteiger partial charge in [-0.15, -0.1) is 0 Å². The lowest BCUT2D eigenvalue weighted by Gasteiger charge is -2.24. The minimum atomic E-state index is 0.296. The Hall–Kier alpha value is -2.30. The van der Waals surface area contributed by atoms with Crippen molar-refractivity contribution in [1.29, 1.82) is 0 Å². The van der Waals surface area contributed by atoms with Gasteiger partial charge in [-0.2, -0.15) is 0 Å². The van der Waals surface area contributed by atoms with Crippen LogP contribution in [0.2, 0.25) is 5.02 Å². The van der Waals surface area contributed by atoms with Gasteiger partial charge in [-0.1, -0.05) is 11.6 Å². The Bertz CT molecular complexity index is 922. The summed E-state index contributed by atoms with van der Waals surface area (Å²) in [5, 5.41) is 9.68. The highest BCUT2D eigenvalue weighted by Gasteiger charge is 2.14. The number of ether oxygens (including phenoxy) is 1. The maximum atomic E-state index is 6.16. The predicted octanol–water partition coefficient (Wildman–Crippen LogP) is 5.07. The summed E-state index contributed by atoms with van der Waals surface area (Å²) in [5.41, 5.74) is 2.09. The summed E-state index contributed by atoms with van der Waals surface area (Å²) in [6.45, 7) is 4.08. The summed E-state index contributed by atoms with van der Waals surface area (Å²) in [6.07, 6.45) is 4.29. The third-order valence-electron chi connectivity index (χ3n) is 4.73. The number of fused-ring (bicyclic) bond motifs is 1. The fourth-order valence-electron chi connectivity index (χ4n) is 3.27. The number of pyridine rings is 1. The van der Waals surface area contributed by atoms with Crippen LogP contribution in [0.5, 0.6) is 5.75 Å². The molecule has 3 aromatic rings. The van der Waals surface area contributed by atoms with Crippen LogP contribution in [0.3, 0.4) is 0 Å². The predicted molar refractivity (Wildman–Crippen MR) is 108 cm³/mol. The largest absolute Gasteiger partial charge is 0.490 e. The van der Waals surface area contributed by atoms with Gasteiger partial charge in [0, 0.05) is 22.3 Å². The average Bonchev–Trinajstić information content (AvgIpc) is 2.65. The topological polar surface area (TPSA) is 46.2 Å². The Balaban J connectivity index is 1.56. The summed E-state index contributed by atoms with van der Waals surface area (Å²) in [6, 6.07) is 14.0. The third-order valence-corrected chi connectivity index (χ3v) is 4.97. The fraction of sp³-hybridized carbons (Fsp3) is 0.286. The van der Waals surface area contributed by atoms with E-state index in [1.807, 2.05) is 37.4 Å². The van der Waals surface area contributed by atoms with Gasteiger partial charge in [0.2, 0.25) is 0 Å². The number of anilines is 2. The molecule has 0 bridgehead atoms. The second-order valence-electron chi connectivity index (χ2n) is 6.73. The van der Waals surface area contributed by atoms with E-state index in [9.17, 15) is 0 Å². The number of benzene rings is 2. The first kappa shape index (κ1) is 17.1. The van der Waals surface area contributed by atoms with Crippen molar-refractivity contribution >= 4 is 33.9 Å².